The number of hydrogen-bond acceptors (Lipinski definition) is 3. The number of pyridine rings is 1. The zero-order valence-corrected chi connectivity index (χ0v) is 23.1. The second kappa shape index (κ2) is 10.5. The molecule has 38 heavy (non-hydrogen) atoms. The Morgan fingerprint density at radius 3 is 1.21 bits per heavy atom. The van der Waals surface area contributed by atoms with Crippen LogP contribution in [0.4, 0.5) is 22.7 Å². The van der Waals surface area contributed by atoms with E-state index < -0.39 is 0 Å². The monoisotopic (exact) mass is 497 g/mol. The summed E-state index contributed by atoms with van der Waals surface area (Å²) in [5, 5.41) is 7.41. The predicted octanol–water partition coefficient (Wildman–Crippen LogP) is 9.75. The summed E-state index contributed by atoms with van der Waals surface area (Å²) in [7, 11) is 0. The van der Waals surface area contributed by atoms with Crippen LogP contribution in [0.25, 0.3) is 22.5 Å². The minimum Gasteiger partial charge on any atom is -0.355 e. The molecule has 1 heterocycles. The number of nitrogens with one attached hydrogen (secondary N) is 2. The van der Waals surface area contributed by atoms with Gasteiger partial charge in [-0.2, -0.15) is 0 Å². The fourth-order valence-corrected chi connectivity index (χ4v) is 5.39. The van der Waals surface area contributed by atoms with Gasteiger partial charge in [0, 0.05) is 33.9 Å². The third kappa shape index (κ3) is 5.19. The quantitative estimate of drug-likeness (QED) is 0.245. The molecule has 0 aliphatic rings. The molecule has 0 atom stereocenters. The zero-order valence-electron chi connectivity index (χ0n) is 23.1. The Kier molecular flexibility index (Phi) is 7.02. The van der Waals surface area contributed by atoms with Crippen molar-refractivity contribution in [3.8, 4) is 22.5 Å². The number of hydrogen-bond donors (Lipinski definition) is 2. The average Bonchev–Trinajstić information content (AvgIpc) is 2.89. The van der Waals surface area contributed by atoms with Gasteiger partial charge in [0.15, 0.2) is 0 Å². The molecule has 5 rings (SSSR count). The molecule has 4 aromatic carbocycles. The van der Waals surface area contributed by atoms with Crippen LogP contribution in [0.3, 0.4) is 0 Å². The molecule has 0 fully saturated rings. The van der Waals surface area contributed by atoms with Gasteiger partial charge in [0.1, 0.15) is 0 Å². The fraction of sp³-hybridized carbons (Fsp3) is 0.171. The average molecular weight is 498 g/mol. The van der Waals surface area contributed by atoms with Crippen LogP contribution < -0.4 is 10.6 Å². The van der Waals surface area contributed by atoms with Crippen LogP contribution in [-0.2, 0) is 0 Å². The van der Waals surface area contributed by atoms with Gasteiger partial charge in [0.25, 0.3) is 0 Å². The van der Waals surface area contributed by atoms with Crippen molar-refractivity contribution in [1.82, 2.24) is 4.98 Å². The molecule has 2 N–H and O–H groups in total. The number of nitrogens with zero attached hydrogens (tertiary/aromatic N) is 1. The van der Waals surface area contributed by atoms with Gasteiger partial charge >= 0.3 is 0 Å². The van der Waals surface area contributed by atoms with Crippen molar-refractivity contribution >= 4 is 22.7 Å². The Morgan fingerprint density at radius 2 is 0.816 bits per heavy atom. The van der Waals surface area contributed by atoms with Gasteiger partial charge in [-0.05, 0) is 88.1 Å². The minimum atomic E-state index is 0.936. The molecule has 0 saturated carbocycles. The molecule has 190 valence electrons. The molecule has 0 unspecified atom stereocenters. The van der Waals surface area contributed by atoms with Gasteiger partial charge in [-0.1, -0.05) is 77.9 Å². The summed E-state index contributed by atoms with van der Waals surface area (Å²) in [6.07, 6.45) is 0. The first-order valence-corrected chi connectivity index (χ1v) is 13.2. The van der Waals surface area contributed by atoms with E-state index in [2.05, 4.69) is 143 Å². The standard InChI is InChI=1S/C35H35N3/c1-22-18-24(3)34(25(4)19-22)37-32-14-9-7-12-28(32)30-16-11-17-31(36-30)29-13-8-10-15-33(29)38-35-26(5)20-23(2)21-27(35)6/h7-21,37-38H,1-6H3. The van der Waals surface area contributed by atoms with E-state index >= 15 is 0 Å². The van der Waals surface area contributed by atoms with Crippen molar-refractivity contribution in [3.63, 3.8) is 0 Å². The van der Waals surface area contributed by atoms with Gasteiger partial charge < -0.3 is 10.6 Å². The number of anilines is 4. The maximum Gasteiger partial charge on any atom is 0.0730 e. The number of aryl methyl sites for hydroxylation is 6. The summed E-state index contributed by atoms with van der Waals surface area (Å²) >= 11 is 0. The number of para-hydroxylation sites is 2. The lowest BCUT2D eigenvalue weighted by Gasteiger charge is -2.18. The highest BCUT2D eigenvalue weighted by Crippen LogP contribution is 2.36. The smallest absolute Gasteiger partial charge is 0.0730 e. The lowest BCUT2D eigenvalue weighted by molar-refractivity contribution is 1.29. The molecular weight excluding hydrogens is 462 g/mol. The van der Waals surface area contributed by atoms with E-state index in [1.165, 1.54) is 33.4 Å². The molecule has 0 aliphatic heterocycles. The van der Waals surface area contributed by atoms with Crippen molar-refractivity contribution in [2.24, 2.45) is 0 Å². The summed E-state index contributed by atoms with van der Waals surface area (Å²) in [6.45, 7) is 12.9. The zero-order chi connectivity index (χ0) is 26.8. The van der Waals surface area contributed by atoms with Crippen molar-refractivity contribution in [3.05, 3.63) is 124 Å². The SMILES string of the molecule is Cc1cc(C)c(Nc2ccccc2-c2cccc(-c3ccccc3Nc3c(C)cc(C)cc3C)n2)c(C)c1. The number of rotatable bonds is 6. The molecule has 0 aliphatic carbocycles. The first-order valence-electron chi connectivity index (χ1n) is 13.2. The van der Waals surface area contributed by atoms with Crippen LogP contribution in [0.5, 0.6) is 0 Å². The number of aromatic nitrogens is 1. The highest BCUT2D eigenvalue weighted by atomic mass is 14.9. The maximum absolute atomic E-state index is 5.16. The third-order valence-corrected chi connectivity index (χ3v) is 7.03. The fourth-order valence-electron chi connectivity index (χ4n) is 5.39. The predicted molar refractivity (Wildman–Crippen MR) is 163 cm³/mol. The summed E-state index contributed by atoms with van der Waals surface area (Å²) in [6, 6.07) is 32.0. The summed E-state index contributed by atoms with van der Waals surface area (Å²) in [5.74, 6) is 0. The van der Waals surface area contributed by atoms with Crippen LogP contribution in [-0.4, -0.2) is 4.98 Å². The van der Waals surface area contributed by atoms with Crippen LogP contribution in [0.2, 0.25) is 0 Å². The Balaban J connectivity index is 1.53. The van der Waals surface area contributed by atoms with Gasteiger partial charge in [-0.25, -0.2) is 4.98 Å². The van der Waals surface area contributed by atoms with Crippen LogP contribution >= 0.6 is 0 Å². The van der Waals surface area contributed by atoms with E-state index in [-0.39, 0.29) is 0 Å². The van der Waals surface area contributed by atoms with Gasteiger partial charge in [-0.3, -0.25) is 0 Å². The third-order valence-electron chi connectivity index (χ3n) is 7.03. The molecule has 3 heteroatoms. The van der Waals surface area contributed by atoms with E-state index in [0.29, 0.717) is 0 Å². The largest absolute Gasteiger partial charge is 0.355 e. The Morgan fingerprint density at radius 1 is 0.447 bits per heavy atom. The molecule has 0 radical (unpaired) electrons. The topological polar surface area (TPSA) is 37.0 Å². The molecule has 1 aromatic heterocycles. The highest BCUT2D eigenvalue weighted by Gasteiger charge is 2.13. The van der Waals surface area contributed by atoms with Gasteiger partial charge in [0.2, 0.25) is 0 Å². The van der Waals surface area contributed by atoms with E-state index in [9.17, 15) is 0 Å². The molecule has 5 aromatic rings. The summed E-state index contributed by atoms with van der Waals surface area (Å²) in [5.41, 5.74) is 15.9. The maximum atomic E-state index is 5.16. The van der Waals surface area contributed by atoms with Crippen molar-refractivity contribution in [1.29, 1.82) is 0 Å². The second-order valence-electron chi connectivity index (χ2n) is 10.3. The van der Waals surface area contributed by atoms with Crippen molar-refractivity contribution in [2.45, 2.75) is 41.5 Å². The lowest BCUT2D eigenvalue weighted by Crippen LogP contribution is -2.01. The highest BCUT2D eigenvalue weighted by molar-refractivity contribution is 5.84. The molecule has 3 nitrogen and oxygen atoms in total. The molecule has 0 spiro atoms. The van der Waals surface area contributed by atoms with Crippen LogP contribution in [0, 0.1) is 41.5 Å². The minimum absolute atomic E-state index is 0.936. The first-order chi connectivity index (χ1) is 18.3. The van der Waals surface area contributed by atoms with E-state index in [1.807, 2.05) is 0 Å². The lowest BCUT2D eigenvalue weighted by atomic mass is 10.0. The molecule has 0 bridgehead atoms. The van der Waals surface area contributed by atoms with E-state index in [4.69, 9.17) is 4.98 Å². The Labute approximate surface area is 226 Å². The van der Waals surface area contributed by atoms with Crippen molar-refractivity contribution in [2.75, 3.05) is 10.6 Å². The van der Waals surface area contributed by atoms with E-state index in [1.54, 1.807) is 0 Å². The second-order valence-corrected chi connectivity index (χ2v) is 10.3. The Hall–Kier alpha value is -4.37. The van der Waals surface area contributed by atoms with E-state index in [0.717, 1.165) is 45.3 Å². The van der Waals surface area contributed by atoms with Crippen LogP contribution in [0.15, 0.2) is 91.0 Å². The Bertz CT molecular complexity index is 1470. The normalized spacial score (nSPS) is 10.9. The first kappa shape index (κ1) is 25.3. The molecule has 0 amide bonds. The number of benzene rings is 4. The van der Waals surface area contributed by atoms with Gasteiger partial charge in [-0.15, -0.1) is 0 Å². The molecular formula is C35H35N3. The molecule has 0 saturated heterocycles. The van der Waals surface area contributed by atoms with Crippen LogP contribution in [0.1, 0.15) is 33.4 Å². The summed E-state index contributed by atoms with van der Waals surface area (Å²) < 4.78 is 0. The van der Waals surface area contributed by atoms with Crippen molar-refractivity contribution < 1.29 is 0 Å². The van der Waals surface area contributed by atoms with Gasteiger partial charge in [0.05, 0.1) is 11.4 Å². The summed E-state index contributed by atoms with van der Waals surface area (Å²) in [4.78, 5) is 5.16.